The first-order valence-corrected chi connectivity index (χ1v) is 5.10. The van der Waals surface area contributed by atoms with Crippen molar-refractivity contribution in [2.24, 2.45) is 0 Å². The van der Waals surface area contributed by atoms with E-state index in [4.69, 9.17) is 10.8 Å². The van der Waals surface area contributed by atoms with Gasteiger partial charge in [0.1, 0.15) is 4.88 Å². The van der Waals surface area contributed by atoms with Crippen LogP contribution < -0.4 is 5.73 Å². The summed E-state index contributed by atoms with van der Waals surface area (Å²) in [4.78, 5) is 11.7. The van der Waals surface area contributed by atoms with Crippen LogP contribution in [0.25, 0.3) is 10.1 Å². The lowest BCUT2D eigenvalue weighted by atomic mass is 10.2. The van der Waals surface area contributed by atoms with Gasteiger partial charge in [-0.1, -0.05) is 6.07 Å². The maximum Gasteiger partial charge on any atom is 0.345 e. The Morgan fingerprint density at radius 3 is 2.86 bits per heavy atom. The van der Waals surface area contributed by atoms with Gasteiger partial charge in [0.2, 0.25) is 0 Å². The van der Waals surface area contributed by atoms with E-state index < -0.39 is 5.97 Å². The molecule has 2 rings (SSSR count). The number of fused-ring (bicyclic) bond motifs is 1. The van der Waals surface area contributed by atoms with Crippen molar-refractivity contribution in [3.8, 4) is 0 Å². The summed E-state index contributed by atoms with van der Waals surface area (Å²) in [6.07, 6.45) is 0. The van der Waals surface area contributed by atoms with Crippen molar-refractivity contribution in [2.45, 2.75) is 4.90 Å². The summed E-state index contributed by atoms with van der Waals surface area (Å²) in [5.74, 6) is -0.919. The summed E-state index contributed by atoms with van der Waals surface area (Å²) in [6, 6.07) is 5.15. The summed E-state index contributed by atoms with van der Waals surface area (Å²) in [6.45, 7) is 0. The Hall–Kier alpha value is -1.20. The third-order valence-electron chi connectivity index (χ3n) is 1.90. The number of hydrogen-bond acceptors (Lipinski definition) is 4. The molecule has 3 N–H and O–H groups in total. The second kappa shape index (κ2) is 3.18. The molecule has 0 unspecified atom stereocenters. The van der Waals surface area contributed by atoms with Gasteiger partial charge in [0.15, 0.2) is 0 Å². The number of carboxylic acid groups (broad SMARTS) is 1. The van der Waals surface area contributed by atoms with Crippen molar-refractivity contribution >= 4 is 45.7 Å². The number of carboxylic acids is 1. The predicted octanol–water partition coefficient (Wildman–Crippen LogP) is 2.47. The normalized spacial score (nSPS) is 10.6. The summed E-state index contributed by atoms with van der Waals surface area (Å²) in [7, 11) is 0. The zero-order chi connectivity index (χ0) is 10.3. The van der Waals surface area contributed by atoms with Crippen LogP contribution in [0, 0.1) is 0 Å². The Morgan fingerprint density at radius 1 is 1.50 bits per heavy atom. The maximum atomic E-state index is 10.7. The maximum absolute atomic E-state index is 10.7. The number of nitrogen functional groups attached to an aromatic ring is 1. The molecule has 0 spiro atoms. The molecular weight excluding hydrogens is 218 g/mol. The molecule has 5 heteroatoms. The van der Waals surface area contributed by atoms with E-state index in [2.05, 4.69) is 12.6 Å². The molecule has 0 radical (unpaired) electrons. The van der Waals surface area contributed by atoms with E-state index in [-0.39, 0.29) is 0 Å². The molecule has 0 saturated heterocycles. The molecule has 0 aliphatic rings. The van der Waals surface area contributed by atoms with E-state index in [9.17, 15) is 4.79 Å². The van der Waals surface area contributed by atoms with Crippen LogP contribution in [-0.4, -0.2) is 11.1 Å². The fourth-order valence-electron chi connectivity index (χ4n) is 1.21. The highest BCUT2D eigenvalue weighted by atomic mass is 32.1. The van der Waals surface area contributed by atoms with E-state index in [1.807, 2.05) is 0 Å². The smallest absolute Gasteiger partial charge is 0.345 e. The summed E-state index contributed by atoms with van der Waals surface area (Å²) in [5.41, 5.74) is 6.22. The monoisotopic (exact) mass is 225 g/mol. The van der Waals surface area contributed by atoms with E-state index in [0.29, 0.717) is 15.5 Å². The van der Waals surface area contributed by atoms with E-state index >= 15 is 0 Å². The number of rotatable bonds is 1. The minimum absolute atomic E-state index is 0.306. The molecule has 14 heavy (non-hydrogen) atoms. The number of anilines is 1. The number of benzene rings is 1. The van der Waals surface area contributed by atoms with Crippen LogP contribution in [0.15, 0.2) is 23.1 Å². The fraction of sp³-hybridized carbons (Fsp3) is 0. The molecule has 0 aliphatic heterocycles. The fourth-order valence-corrected chi connectivity index (χ4v) is 2.50. The van der Waals surface area contributed by atoms with E-state index in [1.165, 1.54) is 11.3 Å². The number of carbonyl (C=O) groups is 1. The quantitative estimate of drug-likeness (QED) is 0.516. The Bertz CT molecular complexity index is 519. The summed E-state index contributed by atoms with van der Waals surface area (Å²) >= 11 is 5.43. The zero-order valence-corrected chi connectivity index (χ0v) is 8.73. The second-order valence-corrected chi connectivity index (χ2v) is 4.34. The van der Waals surface area contributed by atoms with Gasteiger partial charge in [-0.2, -0.15) is 0 Å². The molecular formula is C9H7NO2S2. The summed E-state index contributed by atoms with van der Waals surface area (Å²) in [5, 5.41) is 9.67. The van der Waals surface area contributed by atoms with Crippen molar-refractivity contribution in [3.05, 3.63) is 23.1 Å². The molecule has 0 amide bonds. The Labute approximate surface area is 89.6 Å². The highest BCUT2D eigenvalue weighted by Crippen LogP contribution is 2.34. The van der Waals surface area contributed by atoms with Gasteiger partial charge >= 0.3 is 5.97 Å². The molecule has 1 aromatic heterocycles. The first kappa shape index (κ1) is 9.36. The van der Waals surface area contributed by atoms with Crippen LogP contribution in [0.2, 0.25) is 0 Å². The molecule has 1 heterocycles. The minimum atomic E-state index is -0.919. The number of thiophene rings is 1. The largest absolute Gasteiger partial charge is 0.477 e. The van der Waals surface area contributed by atoms with Crippen molar-refractivity contribution in [1.29, 1.82) is 0 Å². The first-order chi connectivity index (χ1) is 6.59. The van der Waals surface area contributed by atoms with E-state index in [1.54, 1.807) is 18.2 Å². The van der Waals surface area contributed by atoms with E-state index in [0.717, 1.165) is 10.1 Å². The lowest BCUT2D eigenvalue weighted by molar-refractivity contribution is 0.0702. The van der Waals surface area contributed by atoms with Crippen LogP contribution in [0.3, 0.4) is 0 Å². The topological polar surface area (TPSA) is 63.3 Å². The standard InChI is InChI=1S/C9H7NO2S2/c10-5-2-1-4-3-6(9(11)12)14-8(4)7(5)13/h1-3,13H,10H2,(H,11,12). The highest BCUT2D eigenvalue weighted by molar-refractivity contribution is 7.81. The number of hydrogen-bond donors (Lipinski definition) is 3. The van der Waals surface area contributed by atoms with Crippen LogP contribution in [0.5, 0.6) is 0 Å². The molecule has 72 valence electrons. The van der Waals surface area contributed by atoms with Gasteiger partial charge in [-0.3, -0.25) is 0 Å². The van der Waals surface area contributed by atoms with Crippen molar-refractivity contribution < 1.29 is 9.90 Å². The molecule has 0 atom stereocenters. The van der Waals surface area contributed by atoms with Crippen molar-refractivity contribution in [3.63, 3.8) is 0 Å². The second-order valence-electron chi connectivity index (χ2n) is 2.84. The molecule has 3 nitrogen and oxygen atoms in total. The lowest BCUT2D eigenvalue weighted by Crippen LogP contribution is -1.89. The third kappa shape index (κ3) is 1.34. The van der Waals surface area contributed by atoms with Crippen LogP contribution in [-0.2, 0) is 0 Å². The third-order valence-corrected chi connectivity index (χ3v) is 3.69. The Morgan fingerprint density at radius 2 is 2.21 bits per heavy atom. The highest BCUT2D eigenvalue weighted by Gasteiger charge is 2.10. The number of nitrogens with two attached hydrogens (primary N) is 1. The molecule has 1 aromatic carbocycles. The SMILES string of the molecule is Nc1ccc2cc(C(=O)O)sc2c1S. The van der Waals surface area contributed by atoms with Crippen LogP contribution in [0.4, 0.5) is 5.69 Å². The van der Waals surface area contributed by atoms with Gasteiger partial charge in [0.05, 0.1) is 4.70 Å². The van der Waals surface area contributed by atoms with Crippen LogP contribution in [0.1, 0.15) is 9.67 Å². The Kier molecular flexibility index (Phi) is 2.13. The Balaban J connectivity index is 2.77. The average molecular weight is 225 g/mol. The van der Waals surface area contributed by atoms with Gasteiger partial charge in [0.25, 0.3) is 0 Å². The molecule has 0 bridgehead atoms. The van der Waals surface area contributed by atoms with Crippen LogP contribution >= 0.6 is 24.0 Å². The first-order valence-electron chi connectivity index (χ1n) is 3.84. The minimum Gasteiger partial charge on any atom is -0.477 e. The lowest BCUT2D eigenvalue weighted by Gasteiger charge is -1.98. The summed E-state index contributed by atoms with van der Waals surface area (Å²) < 4.78 is 0.825. The van der Waals surface area contributed by atoms with Gasteiger partial charge in [-0.25, -0.2) is 4.79 Å². The predicted molar refractivity (Wildman–Crippen MR) is 60.4 cm³/mol. The van der Waals surface area contributed by atoms with Gasteiger partial charge in [0, 0.05) is 10.6 Å². The molecule has 2 aromatic rings. The number of thiol groups is 1. The van der Waals surface area contributed by atoms with Gasteiger partial charge in [-0.05, 0) is 17.5 Å². The zero-order valence-electron chi connectivity index (χ0n) is 7.02. The molecule has 0 saturated carbocycles. The number of aromatic carboxylic acids is 1. The van der Waals surface area contributed by atoms with Crippen molar-refractivity contribution in [1.82, 2.24) is 0 Å². The van der Waals surface area contributed by atoms with Gasteiger partial charge < -0.3 is 10.8 Å². The average Bonchev–Trinajstić information content (AvgIpc) is 2.56. The molecule has 0 aliphatic carbocycles. The van der Waals surface area contributed by atoms with Crippen molar-refractivity contribution in [2.75, 3.05) is 5.73 Å². The molecule has 0 fully saturated rings. The van der Waals surface area contributed by atoms with Gasteiger partial charge in [-0.15, -0.1) is 24.0 Å².